The van der Waals surface area contributed by atoms with Gasteiger partial charge in [0.1, 0.15) is 5.75 Å². The second-order valence-electron chi connectivity index (χ2n) is 8.15. The molecule has 0 aliphatic carbocycles. The lowest BCUT2D eigenvalue weighted by molar-refractivity contribution is 0.103. The third kappa shape index (κ3) is 4.99. The van der Waals surface area contributed by atoms with Crippen molar-refractivity contribution < 1.29 is 9.53 Å². The highest BCUT2D eigenvalue weighted by Gasteiger charge is 2.18. The molecule has 0 saturated heterocycles. The van der Waals surface area contributed by atoms with Crippen LogP contribution in [0.5, 0.6) is 5.75 Å². The number of carbonyl (C=O) groups excluding carboxylic acids is 1. The van der Waals surface area contributed by atoms with Gasteiger partial charge in [-0.2, -0.15) is 10.2 Å². The van der Waals surface area contributed by atoms with Crippen LogP contribution in [-0.4, -0.2) is 25.5 Å². The number of carbonyl (C=O) groups is 1. The van der Waals surface area contributed by atoms with Crippen LogP contribution >= 0.6 is 34.5 Å². The van der Waals surface area contributed by atoms with Gasteiger partial charge in [-0.05, 0) is 75.4 Å². The quantitative estimate of drug-likeness (QED) is 0.311. The van der Waals surface area contributed by atoms with Crippen molar-refractivity contribution in [2.75, 3.05) is 5.32 Å². The topological polar surface area (TPSA) is 74.0 Å². The second-order valence-corrected chi connectivity index (χ2v) is 9.84. The average molecular weight is 518 g/mol. The zero-order valence-corrected chi connectivity index (χ0v) is 21.9. The summed E-state index contributed by atoms with van der Waals surface area (Å²) in [5.41, 5.74) is 5.85. The van der Waals surface area contributed by atoms with Crippen LogP contribution in [0.1, 0.15) is 43.6 Å². The lowest BCUT2D eigenvalue weighted by Crippen LogP contribution is -2.13. The SMILES string of the molecule is Cc1cc(OCn2nc(C)c(NC(=O)c3cc(Cn4nc(C)c(Cl)c4C)cs3)c2C)ccc1Cl. The number of halogens is 2. The number of thiophene rings is 1. The smallest absolute Gasteiger partial charge is 0.265 e. The molecular formula is C24H25Cl2N5O2S. The van der Waals surface area contributed by atoms with Crippen molar-refractivity contribution in [2.24, 2.45) is 0 Å². The van der Waals surface area contributed by atoms with Crippen LogP contribution in [0.4, 0.5) is 5.69 Å². The highest BCUT2D eigenvalue weighted by molar-refractivity contribution is 7.12. The summed E-state index contributed by atoms with van der Waals surface area (Å²) in [7, 11) is 0. The molecule has 34 heavy (non-hydrogen) atoms. The minimum atomic E-state index is -0.178. The Hall–Kier alpha value is -2.81. The van der Waals surface area contributed by atoms with Crippen molar-refractivity contribution in [2.45, 2.75) is 47.9 Å². The highest BCUT2D eigenvalue weighted by Crippen LogP contribution is 2.25. The van der Waals surface area contributed by atoms with Crippen molar-refractivity contribution >= 4 is 46.1 Å². The summed E-state index contributed by atoms with van der Waals surface area (Å²) in [6, 6.07) is 7.38. The standard InChI is InChI=1S/C24H25Cl2N5O2S/c1-13-8-19(6-7-20(13)25)33-12-31-17(5)23(15(3)29-31)27-24(32)21-9-18(11-34-21)10-30-16(4)22(26)14(2)28-30/h6-9,11H,10,12H2,1-5H3,(H,27,32). The van der Waals surface area contributed by atoms with Crippen LogP contribution in [0.25, 0.3) is 0 Å². The van der Waals surface area contributed by atoms with E-state index in [4.69, 9.17) is 27.9 Å². The number of rotatable bonds is 7. The van der Waals surface area contributed by atoms with Crippen molar-refractivity contribution in [3.8, 4) is 5.75 Å². The van der Waals surface area contributed by atoms with Gasteiger partial charge in [0.05, 0.1) is 44.9 Å². The van der Waals surface area contributed by atoms with E-state index in [1.165, 1.54) is 11.3 Å². The zero-order chi connectivity index (χ0) is 24.6. The molecule has 4 rings (SSSR count). The van der Waals surface area contributed by atoms with Crippen LogP contribution in [0.2, 0.25) is 10.0 Å². The van der Waals surface area contributed by atoms with Gasteiger partial charge in [0, 0.05) is 5.02 Å². The first-order chi connectivity index (χ1) is 16.1. The van der Waals surface area contributed by atoms with Gasteiger partial charge in [0.15, 0.2) is 6.73 Å². The van der Waals surface area contributed by atoms with E-state index in [1.807, 2.05) is 62.9 Å². The molecule has 1 aromatic carbocycles. The molecule has 10 heteroatoms. The zero-order valence-electron chi connectivity index (χ0n) is 19.6. The molecule has 0 aliphatic rings. The first-order valence-electron chi connectivity index (χ1n) is 10.6. The van der Waals surface area contributed by atoms with Crippen LogP contribution < -0.4 is 10.1 Å². The van der Waals surface area contributed by atoms with Crippen molar-refractivity contribution in [3.63, 3.8) is 0 Å². The van der Waals surface area contributed by atoms with Gasteiger partial charge in [0.25, 0.3) is 5.91 Å². The van der Waals surface area contributed by atoms with Gasteiger partial charge in [-0.1, -0.05) is 23.2 Å². The van der Waals surface area contributed by atoms with E-state index in [0.29, 0.717) is 32.9 Å². The Morgan fingerprint density at radius 2 is 1.76 bits per heavy atom. The van der Waals surface area contributed by atoms with E-state index < -0.39 is 0 Å². The fourth-order valence-corrected chi connectivity index (χ4v) is 4.65. The molecule has 1 N–H and O–H groups in total. The number of aromatic nitrogens is 4. The molecular weight excluding hydrogens is 493 g/mol. The maximum atomic E-state index is 12.9. The fourth-order valence-electron chi connectivity index (χ4n) is 3.60. The Balaban J connectivity index is 1.43. The maximum absolute atomic E-state index is 12.9. The van der Waals surface area contributed by atoms with Crippen LogP contribution in [0, 0.1) is 34.6 Å². The third-order valence-corrected chi connectivity index (χ3v) is 7.55. The highest BCUT2D eigenvalue weighted by atomic mass is 35.5. The Morgan fingerprint density at radius 3 is 2.44 bits per heavy atom. The van der Waals surface area contributed by atoms with Crippen LogP contribution in [-0.2, 0) is 13.3 Å². The summed E-state index contributed by atoms with van der Waals surface area (Å²) in [6.07, 6.45) is 0. The molecule has 0 fully saturated rings. The van der Waals surface area contributed by atoms with Gasteiger partial charge in [-0.25, -0.2) is 4.68 Å². The van der Waals surface area contributed by atoms with Crippen molar-refractivity contribution in [1.82, 2.24) is 19.6 Å². The first-order valence-corrected chi connectivity index (χ1v) is 12.3. The predicted molar refractivity (Wildman–Crippen MR) is 137 cm³/mol. The number of hydrogen-bond donors (Lipinski definition) is 1. The molecule has 0 spiro atoms. The number of ether oxygens (including phenoxy) is 1. The fraction of sp³-hybridized carbons (Fsp3) is 0.292. The summed E-state index contributed by atoms with van der Waals surface area (Å²) < 4.78 is 9.43. The maximum Gasteiger partial charge on any atom is 0.265 e. The van der Waals surface area contributed by atoms with Crippen LogP contribution in [0.15, 0.2) is 29.6 Å². The summed E-state index contributed by atoms with van der Waals surface area (Å²) in [5.74, 6) is 0.526. The molecule has 178 valence electrons. The molecule has 3 aromatic heterocycles. The molecule has 0 saturated carbocycles. The van der Waals surface area contributed by atoms with Gasteiger partial charge >= 0.3 is 0 Å². The summed E-state index contributed by atoms with van der Waals surface area (Å²) in [5, 5.41) is 15.3. The Kier molecular flexibility index (Phi) is 7.02. The van der Waals surface area contributed by atoms with Crippen molar-refractivity contribution in [1.29, 1.82) is 0 Å². The average Bonchev–Trinajstić information content (AvgIpc) is 3.44. The van der Waals surface area contributed by atoms with Gasteiger partial charge in [-0.3, -0.25) is 9.48 Å². The minimum absolute atomic E-state index is 0.178. The number of amides is 1. The van der Waals surface area contributed by atoms with E-state index in [9.17, 15) is 4.79 Å². The van der Waals surface area contributed by atoms with E-state index in [1.54, 1.807) is 10.7 Å². The molecule has 0 atom stereocenters. The number of hydrogen-bond acceptors (Lipinski definition) is 5. The molecule has 1 amide bonds. The number of benzene rings is 1. The Bertz CT molecular complexity index is 1370. The number of anilines is 1. The Morgan fingerprint density at radius 1 is 1.03 bits per heavy atom. The van der Waals surface area contributed by atoms with Gasteiger partial charge in [-0.15, -0.1) is 11.3 Å². The first kappa shape index (κ1) is 24.3. The van der Waals surface area contributed by atoms with E-state index in [0.717, 1.165) is 33.9 Å². The lowest BCUT2D eigenvalue weighted by Gasteiger charge is -2.10. The number of nitrogens with one attached hydrogen (secondary N) is 1. The molecule has 3 heterocycles. The van der Waals surface area contributed by atoms with E-state index in [-0.39, 0.29) is 12.6 Å². The monoisotopic (exact) mass is 517 g/mol. The minimum Gasteiger partial charge on any atom is -0.471 e. The third-order valence-electron chi connectivity index (χ3n) is 5.61. The summed E-state index contributed by atoms with van der Waals surface area (Å²) in [6.45, 7) is 10.3. The molecule has 0 bridgehead atoms. The number of nitrogens with zero attached hydrogens (tertiary/aromatic N) is 4. The van der Waals surface area contributed by atoms with E-state index in [2.05, 4.69) is 15.5 Å². The molecule has 0 radical (unpaired) electrons. The molecule has 7 nitrogen and oxygen atoms in total. The predicted octanol–water partition coefficient (Wildman–Crippen LogP) is 6.33. The largest absolute Gasteiger partial charge is 0.471 e. The lowest BCUT2D eigenvalue weighted by atomic mass is 10.2. The van der Waals surface area contributed by atoms with Crippen LogP contribution in [0.3, 0.4) is 0 Å². The summed E-state index contributed by atoms with van der Waals surface area (Å²) in [4.78, 5) is 13.6. The number of aryl methyl sites for hydroxylation is 3. The molecule has 0 aliphatic heterocycles. The van der Waals surface area contributed by atoms with Gasteiger partial charge in [0.2, 0.25) is 0 Å². The van der Waals surface area contributed by atoms with E-state index >= 15 is 0 Å². The van der Waals surface area contributed by atoms with Gasteiger partial charge < -0.3 is 10.1 Å². The normalized spacial score (nSPS) is 11.1. The summed E-state index contributed by atoms with van der Waals surface area (Å²) >= 11 is 13.7. The van der Waals surface area contributed by atoms with Crippen molar-refractivity contribution in [3.05, 3.63) is 78.5 Å². The second kappa shape index (κ2) is 9.82. The molecule has 0 unspecified atom stereocenters. The Labute approximate surface area is 212 Å². The molecule has 4 aromatic rings.